The molecular formula is C12H17F7O3. The van der Waals surface area contributed by atoms with E-state index in [1.807, 2.05) is 0 Å². The summed E-state index contributed by atoms with van der Waals surface area (Å²) in [4.78, 5) is 11.6. The molecule has 0 saturated heterocycles. The maximum atomic E-state index is 13.7. The summed E-state index contributed by atoms with van der Waals surface area (Å²) in [5.41, 5.74) is -6.93. The lowest BCUT2D eigenvalue weighted by Crippen LogP contribution is -2.67. The molecule has 0 aromatic carbocycles. The third-order valence-corrected chi connectivity index (χ3v) is 3.49. The van der Waals surface area contributed by atoms with Gasteiger partial charge in [-0.2, -0.15) is 22.0 Å². The largest absolute Gasteiger partial charge is 0.456 e. The molecule has 10 heteroatoms. The summed E-state index contributed by atoms with van der Waals surface area (Å²) in [5, 5.41) is 8.88. The van der Waals surface area contributed by atoms with Gasteiger partial charge in [-0.1, -0.05) is 6.92 Å². The van der Waals surface area contributed by atoms with E-state index in [1.54, 1.807) is 0 Å². The van der Waals surface area contributed by atoms with E-state index in [4.69, 9.17) is 5.11 Å². The molecular weight excluding hydrogens is 325 g/mol. The number of esters is 1. The summed E-state index contributed by atoms with van der Waals surface area (Å²) < 4.78 is 94.1. The number of alkyl halides is 7. The standard InChI is InChI=1S/C12H17F7O3/c1-5-9(3,4)8(20)22-6(2)11(15,16)10(21,7(13)14)12(17,18)19/h6-7,21H,5H2,1-4H3. The zero-order chi connectivity index (χ0) is 18.1. The van der Waals surface area contributed by atoms with E-state index in [0.717, 1.165) is 0 Å². The minimum absolute atomic E-state index is 0.114. The minimum Gasteiger partial charge on any atom is -0.456 e. The van der Waals surface area contributed by atoms with Gasteiger partial charge < -0.3 is 9.84 Å². The van der Waals surface area contributed by atoms with E-state index in [9.17, 15) is 35.5 Å². The Morgan fingerprint density at radius 2 is 1.55 bits per heavy atom. The molecule has 2 atom stereocenters. The van der Waals surface area contributed by atoms with Crippen LogP contribution < -0.4 is 0 Å². The number of carbonyl (C=O) groups excluding carboxylic acids is 1. The third kappa shape index (κ3) is 3.47. The predicted molar refractivity (Wildman–Crippen MR) is 61.6 cm³/mol. The van der Waals surface area contributed by atoms with Gasteiger partial charge in [-0.3, -0.25) is 4.79 Å². The molecule has 1 N–H and O–H groups in total. The van der Waals surface area contributed by atoms with Gasteiger partial charge in [-0.05, 0) is 27.2 Å². The van der Waals surface area contributed by atoms with Gasteiger partial charge in [0.25, 0.3) is 12.0 Å². The summed E-state index contributed by atoms with van der Waals surface area (Å²) >= 11 is 0. The number of hydrogen-bond donors (Lipinski definition) is 1. The van der Waals surface area contributed by atoms with Crippen molar-refractivity contribution >= 4 is 5.97 Å². The smallest absolute Gasteiger partial charge is 0.429 e. The van der Waals surface area contributed by atoms with Crippen LogP contribution in [0.5, 0.6) is 0 Å². The Kier molecular flexibility index (Phi) is 5.91. The SMILES string of the molecule is CCC(C)(C)C(=O)OC(C)C(F)(F)C(O)(C(F)F)C(F)(F)F. The van der Waals surface area contributed by atoms with Crippen LogP contribution in [0.15, 0.2) is 0 Å². The molecule has 2 unspecified atom stereocenters. The van der Waals surface area contributed by atoms with E-state index in [0.29, 0.717) is 6.92 Å². The number of ether oxygens (including phenoxy) is 1. The predicted octanol–water partition coefficient (Wildman–Crippen LogP) is 3.55. The van der Waals surface area contributed by atoms with Crippen molar-refractivity contribution in [2.45, 2.75) is 64.3 Å². The fourth-order valence-corrected chi connectivity index (χ4v) is 1.31. The summed E-state index contributed by atoms with van der Waals surface area (Å²) in [6.45, 7) is 4.37. The van der Waals surface area contributed by atoms with Crippen LogP contribution >= 0.6 is 0 Å². The normalized spacial score (nSPS) is 18.0. The van der Waals surface area contributed by atoms with Gasteiger partial charge >= 0.3 is 18.1 Å². The Balaban J connectivity index is 5.58. The number of carbonyl (C=O) groups is 1. The fourth-order valence-electron chi connectivity index (χ4n) is 1.31. The molecule has 0 rings (SSSR count). The Labute approximate surface area is 122 Å². The van der Waals surface area contributed by atoms with E-state index in [-0.39, 0.29) is 6.42 Å². The zero-order valence-electron chi connectivity index (χ0n) is 12.3. The van der Waals surface area contributed by atoms with Crippen molar-refractivity contribution in [3.63, 3.8) is 0 Å². The molecule has 0 saturated carbocycles. The second-order valence-electron chi connectivity index (χ2n) is 5.47. The third-order valence-electron chi connectivity index (χ3n) is 3.49. The minimum atomic E-state index is -6.33. The molecule has 0 amide bonds. The van der Waals surface area contributed by atoms with Gasteiger partial charge in [0.05, 0.1) is 5.41 Å². The first kappa shape index (κ1) is 20.9. The van der Waals surface area contributed by atoms with Crippen LogP contribution in [0.4, 0.5) is 30.7 Å². The maximum absolute atomic E-state index is 13.7. The molecule has 0 aromatic rings. The fraction of sp³-hybridized carbons (Fsp3) is 0.917. The molecule has 0 aromatic heterocycles. The topological polar surface area (TPSA) is 46.5 Å². The van der Waals surface area contributed by atoms with E-state index in [2.05, 4.69) is 4.74 Å². The molecule has 0 radical (unpaired) electrons. The van der Waals surface area contributed by atoms with Gasteiger partial charge in [-0.25, -0.2) is 8.78 Å². The number of halogens is 7. The maximum Gasteiger partial charge on any atom is 0.429 e. The molecule has 0 heterocycles. The van der Waals surface area contributed by atoms with Crippen LogP contribution in [-0.4, -0.2) is 41.3 Å². The lowest BCUT2D eigenvalue weighted by atomic mass is 9.89. The highest BCUT2D eigenvalue weighted by Crippen LogP contribution is 2.48. The number of hydrogen-bond acceptors (Lipinski definition) is 3. The van der Waals surface area contributed by atoms with E-state index < -0.39 is 41.6 Å². The van der Waals surface area contributed by atoms with Crippen molar-refractivity contribution in [2.24, 2.45) is 5.41 Å². The van der Waals surface area contributed by atoms with Crippen molar-refractivity contribution < 1.29 is 45.4 Å². The van der Waals surface area contributed by atoms with Crippen LogP contribution in [0, 0.1) is 5.41 Å². The van der Waals surface area contributed by atoms with Crippen LogP contribution in [0.2, 0.25) is 0 Å². The second kappa shape index (κ2) is 6.21. The van der Waals surface area contributed by atoms with Crippen molar-refractivity contribution in [1.29, 1.82) is 0 Å². The van der Waals surface area contributed by atoms with Crippen molar-refractivity contribution in [3.8, 4) is 0 Å². The highest BCUT2D eigenvalue weighted by Gasteiger charge is 2.76. The molecule has 22 heavy (non-hydrogen) atoms. The van der Waals surface area contributed by atoms with Crippen molar-refractivity contribution in [3.05, 3.63) is 0 Å². The van der Waals surface area contributed by atoms with Crippen molar-refractivity contribution in [1.82, 2.24) is 0 Å². The Morgan fingerprint density at radius 3 is 1.82 bits per heavy atom. The first-order valence-electron chi connectivity index (χ1n) is 6.21. The number of aliphatic hydroxyl groups is 1. The van der Waals surface area contributed by atoms with Gasteiger partial charge in [-0.15, -0.1) is 0 Å². The Morgan fingerprint density at radius 1 is 1.14 bits per heavy atom. The van der Waals surface area contributed by atoms with Crippen LogP contribution in [-0.2, 0) is 9.53 Å². The molecule has 3 nitrogen and oxygen atoms in total. The monoisotopic (exact) mass is 342 g/mol. The van der Waals surface area contributed by atoms with Crippen LogP contribution in [0.25, 0.3) is 0 Å². The average Bonchev–Trinajstić information content (AvgIpc) is 2.35. The van der Waals surface area contributed by atoms with Crippen molar-refractivity contribution in [2.75, 3.05) is 0 Å². The zero-order valence-corrected chi connectivity index (χ0v) is 12.3. The van der Waals surface area contributed by atoms with Gasteiger partial charge in [0, 0.05) is 0 Å². The molecule has 0 aliphatic heterocycles. The Bertz CT molecular complexity index is 406. The molecule has 0 spiro atoms. The highest BCUT2D eigenvalue weighted by atomic mass is 19.4. The van der Waals surface area contributed by atoms with E-state index in [1.165, 1.54) is 20.8 Å². The van der Waals surface area contributed by atoms with Gasteiger partial charge in [0.1, 0.15) is 0 Å². The number of rotatable bonds is 6. The second-order valence-corrected chi connectivity index (χ2v) is 5.47. The molecule has 0 fully saturated rings. The highest BCUT2D eigenvalue weighted by molar-refractivity contribution is 5.76. The van der Waals surface area contributed by atoms with Gasteiger partial charge in [0.2, 0.25) is 0 Å². The van der Waals surface area contributed by atoms with E-state index >= 15 is 0 Å². The lowest BCUT2D eigenvalue weighted by molar-refractivity contribution is -0.379. The lowest BCUT2D eigenvalue weighted by Gasteiger charge is -2.39. The molecule has 0 aliphatic rings. The van der Waals surface area contributed by atoms with Gasteiger partial charge in [0.15, 0.2) is 6.10 Å². The summed E-state index contributed by atoms with van der Waals surface area (Å²) in [6, 6.07) is 0. The average molecular weight is 342 g/mol. The first-order chi connectivity index (χ1) is 9.55. The first-order valence-corrected chi connectivity index (χ1v) is 6.21. The summed E-state index contributed by atoms with van der Waals surface area (Å²) in [7, 11) is 0. The summed E-state index contributed by atoms with van der Waals surface area (Å²) in [5.74, 6) is -6.74. The molecule has 132 valence electrons. The molecule has 0 aliphatic carbocycles. The summed E-state index contributed by atoms with van der Waals surface area (Å²) in [6.07, 6.45) is -14.0. The van der Waals surface area contributed by atoms with Crippen LogP contribution in [0.1, 0.15) is 34.1 Å². The quantitative estimate of drug-likeness (QED) is 0.593. The Hall–Kier alpha value is -1.06. The molecule has 0 bridgehead atoms. The van der Waals surface area contributed by atoms with Crippen LogP contribution in [0.3, 0.4) is 0 Å².